The van der Waals surface area contributed by atoms with Crippen LogP contribution in [-0.2, 0) is 65.4 Å². The van der Waals surface area contributed by atoms with Crippen LogP contribution in [0.1, 0.15) is 259 Å². The van der Waals surface area contributed by atoms with Gasteiger partial charge in [0.15, 0.2) is 12.2 Å². The lowest BCUT2D eigenvalue weighted by Gasteiger charge is -2.21. The third-order valence-corrected chi connectivity index (χ3v) is 16.6. The van der Waals surface area contributed by atoms with Crippen LogP contribution in [0.2, 0.25) is 0 Å². The molecular formula is C81H130O17P2. The summed E-state index contributed by atoms with van der Waals surface area (Å²) >= 11 is 0. The molecular weight excluding hydrogens is 1310 g/mol. The maximum Gasteiger partial charge on any atom is 0.472 e. The number of unbranched alkanes of at least 4 members (excludes halogenated alkanes) is 14. The summed E-state index contributed by atoms with van der Waals surface area (Å²) in [7, 11) is -10.0. The lowest BCUT2D eigenvalue weighted by molar-refractivity contribution is -0.161. The van der Waals surface area contributed by atoms with Crippen LogP contribution in [0.15, 0.2) is 170 Å². The van der Waals surface area contributed by atoms with Gasteiger partial charge in [-0.05, 0) is 141 Å². The van der Waals surface area contributed by atoms with E-state index < -0.39 is 97.5 Å². The van der Waals surface area contributed by atoms with Gasteiger partial charge in [0.2, 0.25) is 0 Å². The number of aliphatic hydroxyl groups excluding tert-OH is 1. The summed E-state index contributed by atoms with van der Waals surface area (Å²) in [4.78, 5) is 72.7. The van der Waals surface area contributed by atoms with E-state index in [1.54, 1.807) is 0 Å². The highest BCUT2D eigenvalue weighted by atomic mass is 31.2. The standard InChI is InChI=1S/C81H130O17P2/c1-5-9-13-17-21-25-29-32-35-36-37-38-41-43-47-50-54-58-62-66-79(84)91-71-76(97-80(85)67-63-59-55-51-45-28-24-20-16-12-8-4)73-95-99(87,88)93-69-75(82)70-94-100(89,90)96-74-77(98-81(86)68-64-60-56-52-48-44-40-34-31-27-23-19-15-11-7-3)72-92-78(83)65-61-57-53-49-46-42-39-33-30-26-22-18-14-10-6-2/h9-11,13-15,21-23,25-27,32-35,37-40,43,46-49,52,54,58,75-77,82H,5-8,12,16-20,24,28-31,36,41-42,44-45,50-51,53,55-57,59-74H2,1-4H3,(H,87,88)(H,89,90)/b13-9-,14-10-,15-11-,25-21-,26-22-,27-23-,35-32-,38-37-,39-33-,40-34-,47-43-,49-46-,52-48-,58-54-. The molecule has 0 saturated heterocycles. The van der Waals surface area contributed by atoms with Gasteiger partial charge in [0.25, 0.3) is 0 Å². The Kier molecular flexibility index (Phi) is 67.8. The number of carbonyl (C=O) groups excluding carboxylic acids is 4. The van der Waals surface area contributed by atoms with Gasteiger partial charge in [-0.15, -0.1) is 0 Å². The number of allylic oxidation sites excluding steroid dienone is 28. The summed E-state index contributed by atoms with van der Waals surface area (Å²) in [5.74, 6) is -2.38. The van der Waals surface area contributed by atoms with Crippen molar-refractivity contribution >= 4 is 39.5 Å². The van der Waals surface area contributed by atoms with Gasteiger partial charge in [-0.25, -0.2) is 9.13 Å². The normalized spacial score (nSPS) is 14.9. The molecule has 0 spiro atoms. The number of hydrogen-bond donors (Lipinski definition) is 3. The smallest absolute Gasteiger partial charge is 0.462 e. The summed E-state index contributed by atoms with van der Waals surface area (Å²) < 4.78 is 68.2. The Labute approximate surface area is 603 Å². The first-order valence-electron chi connectivity index (χ1n) is 37.4. The maximum absolute atomic E-state index is 13.1. The first-order chi connectivity index (χ1) is 48.7. The Hall–Kier alpha value is -5.58. The summed E-state index contributed by atoms with van der Waals surface area (Å²) in [6.45, 7) is 4.30. The van der Waals surface area contributed by atoms with Crippen LogP contribution in [0, 0.1) is 0 Å². The molecule has 0 aliphatic carbocycles. The minimum Gasteiger partial charge on any atom is -0.462 e. The van der Waals surface area contributed by atoms with Crippen LogP contribution in [0.4, 0.5) is 0 Å². The van der Waals surface area contributed by atoms with E-state index in [1.807, 2.05) is 18.2 Å². The van der Waals surface area contributed by atoms with Crippen LogP contribution in [0.25, 0.3) is 0 Å². The Morgan fingerprint density at radius 1 is 0.290 bits per heavy atom. The van der Waals surface area contributed by atoms with Crippen LogP contribution in [-0.4, -0.2) is 96.7 Å². The molecule has 0 aromatic heterocycles. The Morgan fingerprint density at radius 2 is 0.540 bits per heavy atom. The van der Waals surface area contributed by atoms with E-state index in [9.17, 15) is 43.2 Å². The van der Waals surface area contributed by atoms with Crippen LogP contribution in [0.5, 0.6) is 0 Å². The van der Waals surface area contributed by atoms with Crippen molar-refractivity contribution in [2.24, 2.45) is 0 Å². The maximum atomic E-state index is 13.1. The van der Waals surface area contributed by atoms with Gasteiger partial charge in [-0.3, -0.25) is 37.3 Å². The number of ether oxygens (including phenoxy) is 4. The molecule has 0 bridgehead atoms. The summed E-state index contributed by atoms with van der Waals surface area (Å²) in [6, 6.07) is 0. The first kappa shape index (κ1) is 94.4. The molecule has 0 amide bonds. The lowest BCUT2D eigenvalue weighted by Crippen LogP contribution is -2.30. The van der Waals surface area contributed by atoms with Crippen molar-refractivity contribution in [2.75, 3.05) is 39.6 Å². The van der Waals surface area contributed by atoms with Gasteiger partial charge in [0.1, 0.15) is 19.3 Å². The Balaban J connectivity index is 5.47. The van der Waals surface area contributed by atoms with E-state index in [1.165, 1.54) is 38.5 Å². The molecule has 5 atom stereocenters. The van der Waals surface area contributed by atoms with Crippen molar-refractivity contribution in [3.63, 3.8) is 0 Å². The minimum atomic E-state index is -5.00. The third-order valence-electron chi connectivity index (χ3n) is 14.7. The van der Waals surface area contributed by atoms with Crippen LogP contribution >= 0.6 is 15.6 Å². The highest BCUT2D eigenvalue weighted by Crippen LogP contribution is 2.45. The molecule has 0 rings (SSSR count). The molecule has 3 N–H and O–H groups in total. The zero-order chi connectivity index (χ0) is 73.2. The molecule has 0 saturated carbocycles. The molecule has 100 heavy (non-hydrogen) atoms. The van der Waals surface area contributed by atoms with Gasteiger partial charge >= 0.3 is 39.5 Å². The summed E-state index contributed by atoms with van der Waals surface area (Å²) in [5, 5.41) is 10.6. The van der Waals surface area contributed by atoms with Gasteiger partial charge < -0.3 is 33.8 Å². The second kappa shape index (κ2) is 71.8. The van der Waals surface area contributed by atoms with Gasteiger partial charge in [0.05, 0.1) is 26.4 Å². The number of hydrogen-bond acceptors (Lipinski definition) is 15. The van der Waals surface area contributed by atoms with Crippen molar-refractivity contribution in [2.45, 2.75) is 277 Å². The lowest BCUT2D eigenvalue weighted by atomic mass is 10.1. The first-order valence-corrected chi connectivity index (χ1v) is 40.4. The molecule has 0 aliphatic heterocycles. The van der Waals surface area contributed by atoms with E-state index >= 15 is 0 Å². The van der Waals surface area contributed by atoms with Crippen LogP contribution < -0.4 is 0 Å². The molecule has 566 valence electrons. The number of phosphoric ester groups is 2. The van der Waals surface area contributed by atoms with Crippen molar-refractivity contribution < 1.29 is 80.2 Å². The molecule has 0 fully saturated rings. The van der Waals surface area contributed by atoms with Gasteiger partial charge in [-0.1, -0.05) is 262 Å². The number of carbonyl (C=O) groups is 4. The van der Waals surface area contributed by atoms with Crippen molar-refractivity contribution in [3.8, 4) is 0 Å². The molecule has 19 heteroatoms. The van der Waals surface area contributed by atoms with Gasteiger partial charge in [-0.2, -0.15) is 0 Å². The number of phosphoric acid groups is 2. The summed E-state index contributed by atoms with van der Waals surface area (Å²) in [6.07, 6.45) is 83.8. The zero-order valence-electron chi connectivity index (χ0n) is 61.5. The SMILES string of the molecule is CC/C=C\C/C=C\C/C=C\C/C=C\C/C=C\C/C=C\CCC(=O)OCC(COP(=O)(O)OCC(O)COP(=O)(O)OCC(COC(=O)CCCC/C=C\C/C=C\C/C=C\C/C=C\CC)OC(=O)CCCC/C=C\C/C=C\C/C=C\C/C=C\CC)OC(=O)CCCCCCCCCCCCC. The fourth-order valence-electron chi connectivity index (χ4n) is 9.11. The second-order valence-electron chi connectivity index (χ2n) is 24.1. The Morgan fingerprint density at radius 3 is 0.860 bits per heavy atom. The molecule has 0 heterocycles. The zero-order valence-corrected chi connectivity index (χ0v) is 63.3. The predicted molar refractivity (Wildman–Crippen MR) is 408 cm³/mol. The minimum absolute atomic E-state index is 0.0260. The second-order valence-corrected chi connectivity index (χ2v) is 27.0. The number of aliphatic hydroxyl groups is 1. The molecule has 0 aromatic carbocycles. The highest BCUT2D eigenvalue weighted by molar-refractivity contribution is 7.47. The third kappa shape index (κ3) is 70.8. The largest absolute Gasteiger partial charge is 0.472 e. The van der Waals surface area contributed by atoms with E-state index in [2.05, 4.69) is 180 Å². The van der Waals surface area contributed by atoms with E-state index in [0.717, 1.165) is 128 Å². The van der Waals surface area contributed by atoms with Crippen LogP contribution in [0.3, 0.4) is 0 Å². The molecule has 5 unspecified atom stereocenters. The van der Waals surface area contributed by atoms with Crippen molar-refractivity contribution in [1.29, 1.82) is 0 Å². The quantitative estimate of drug-likeness (QED) is 0.0169. The fraction of sp³-hybridized carbons (Fsp3) is 0.605. The topological polar surface area (TPSA) is 237 Å². The van der Waals surface area contributed by atoms with E-state index in [-0.39, 0.29) is 25.7 Å². The Bertz CT molecular complexity index is 2570. The van der Waals surface area contributed by atoms with Crippen molar-refractivity contribution in [3.05, 3.63) is 170 Å². The van der Waals surface area contributed by atoms with Gasteiger partial charge in [0, 0.05) is 25.7 Å². The summed E-state index contributed by atoms with van der Waals surface area (Å²) in [5.41, 5.74) is 0. The fourth-order valence-corrected chi connectivity index (χ4v) is 10.7. The molecule has 0 radical (unpaired) electrons. The van der Waals surface area contributed by atoms with E-state index in [4.69, 9.17) is 37.0 Å². The number of esters is 4. The average molecular weight is 1440 g/mol. The number of rotatable bonds is 68. The monoisotopic (exact) mass is 1440 g/mol. The van der Waals surface area contributed by atoms with Crippen molar-refractivity contribution in [1.82, 2.24) is 0 Å². The molecule has 0 aromatic rings. The molecule has 0 aliphatic rings. The van der Waals surface area contributed by atoms with E-state index in [0.29, 0.717) is 38.5 Å². The molecule has 17 nitrogen and oxygen atoms in total. The highest BCUT2D eigenvalue weighted by Gasteiger charge is 2.30. The average Bonchev–Trinajstić information content (AvgIpc) is 0.953. The predicted octanol–water partition coefficient (Wildman–Crippen LogP) is 21.4.